The van der Waals surface area contributed by atoms with Crippen LogP contribution in [0, 0.1) is 0 Å². The van der Waals surface area contributed by atoms with Crippen LogP contribution < -0.4 is 5.32 Å². The van der Waals surface area contributed by atoms with E-state index < -0.39 is 11.6 Å². The van der Waals surface area contributed by atoms with Crippen molar-refractivity contribution < 1.29 is 9.90 Å². The first-order valence-electron chi connectivity index (χ1n) is 12.2. The van der Waals surface area contributed by atoms with E-state index in [9.17, 15) is 9.90 Å². The van der Waals surface area contributed by atoms with E-state index in [0.717, 1.165) is 76.4 Å². The number of aromatic amines is 1. The largest absolute Gasteiger partial charge is 0.465 e. The molecule has 0 saturated heterocycles. The van der Waals surface area contributed by atoms with Gasteiger partial charge in [-0.1, -0.05) is 61.5 Å². The van der Waals surface area contributed by atoms with Gasteiger partial charge < -0.3 is 10.4 Å². The van der Waals surface area contributed by atoms with Crippen LogP contribution in [-0.4, -0.2) is 36.0 Å². The average Bonchev–Trinajstić information content (AvgIpc) is 3.54. The minimum absolute atomic E-state index is 0.504. The van der Waals surface area contributed by atoms with E-state index in [1.54, 1.807) is 6.20 Å². The van der Waals surface area contributed by atoms with Crippen molar-refractivity contribution in [1.29, 1.82) is 0 Å². The highest BCUT2D eigenvalue weighted by Gasteiger charge is 2.40. The number of nitrogens with one attached hydrogen (secondary N) is 2. The van der Waals surface area contributed by atoms with E-state index >= 15 is 0 Å². The monoisotopic (exact) mass is 478 g/mol. The highest BCUT2D eigenvalue weighted by atomic mass is 16.4. The van der Waals surface area contributed by atoms with E-state index in [2.05, 4.69) is 40.6 Å². The molecule has 0 aliphatic heterocycles. The molecule has 0 unspecified atom stereocenters. The van der Waals surface area contributed by atoms with Gasteiger partial charge in [0.05, 0.1) is 22.6 Å². The standard InChI is InChI=1S/C28H26N6O2/c1-2-21-17-22(23-13-16-29-32-23)26-30-24(25(34(26)33-21)19-7-4-3-5-8-19)18-9-11-20(12-10-18)28(14-6-15-28)31-27(35)36/h3-5,7-13,16-17,31H,2,6,14-15H2,1H3,(H,29,32)(H,35,36). The van der Waals surface area contributed by atoms with Gasteiger partial charge in [-0.3, -0.25) is 5.10 Å². The average molecular weight is 479 g/mol. The fourth-order valence-electron chi connectivity index (χ4n) is 5.07. The number of carboxylic acid groups (broad SMARTS) is 1. The van der Waals surface area contributed by atoms with E-state index in [0.29, 0.717) is 0 Å². The number of hydrogen-bond acceptors (Lipinski definition) is 4. The van der Waals surface area contributed by atoms with Crippen molar-refractivity contribution >= 4 is 11.7 Å². The third-order valence-corrected chi connectivity index (χ3v) is 7.09. The summed E-state index contributed by atoms with van der Waals surface area (Å²) in [5.74, 6) is 0. The number of fused-ring (bicyclic) bond motifs is 1. The minimum atomic E-state index is -0.991. The number of H-pyrrole nitrogens is 1. The zero-order valence-corrected chi connectivity index (χ0v) is 19.9. The summed E-state index contributed by atoms with van der Waals surface area (Å²) in [7, 11) is 0. The molecule has 8 heteroatoms. The van der Waals surface area contributed by atoms with E-state index in [1.165, 1.54) is 0 Å². The predicted octanol–water partition coefficient (Wildman–Crippen LogP) is 5.66. The Morgan fingerprint density at radius 1 is 1.08 bits per heavy atom. The van der Waals surface area contributed by atoms with Gasteiger partial charge in [0, 0.05) is 22.9 Å². The maximum Gasteiger partial charge on any atom is 0.405 e. The quantitative estimate of drug-likeness (QED) is 0.292. The highest BCUT2D eigenvalue weighted by molar-refractivity contribution is 5.86. The summed E-state index contributed by atoms with van der Waals surface area (Å²) in [6.45, 7) is 2.09. The lowest BCUT2D eigenvalue weighted by Crippen LogP contribution is -2.50. The molecule has 0 bridgehead atoms. The van der Waals surface area contributed by atoms with Crippen molar-refractivity contribution in [2.24, 2.45) is 0 Å². The van der Waals surface area contributed by atoms with Gasteiger partial charge in [0.25, 0.3) is 0 Å². The first kappa shape index (κ1) is 22.0. The smallest absolute Gasteiger partial charge is 0.405 e. The van der Waals surface area contributed by atoms with Crippen LogP contribution in [0.25, 0.3) is 39.4 Å². The molecular formula is C28H26N6O2. The molecule has 36 heavy (non-hydrogen) atoms. The summed E-state index contributed by atoms with van der Waals surface area (Å²) in [5.41, 5.74) is 7.58. The molecule has 0 atom stereocenters. The van der Waals surface area contributed by atoms with Crippen molar-refractivity contribution in [3.63, 3.8) is 0 Å². The Bertz CT molecular complexity index is 1540. The summed E-state index contributed by atoms with van der Waals surface area (Å²) in [6, 6.07) is 22.2. The molecule has 1 saturated carbocycles. The number of aryl methyl sites for hydroxylation is 1. The molecule has 3 aromatic heterocycles. The molecule has 1 fully saturated rings. The maximum absolute atomic E-state index is 11.4. The second-order valence-electron chi connectivity index (χ2n) is 9.22. The Morgan fingerprint density at radius 2 is 1.86 bits per heavy atom. The minimum Gasteiger partial charge on any atom is -0.465 e. The van der Waals surface area contributed by atoms with Gasteiger partial charge in [-0.15, -0.1) is 0 Å². The third kappa shape index (κ3) is 3.62. The Morgan fingerprint density at radius 3 is 2.47 bits per heavy atom. The maximum atomic E-state index is 11.4. The van der Waals surface area contributed by atoms with Gasteiger partial charge in [-0.2, -0.15) is 10.2 Å². The van der Waals surface area contributed by atoms with Crippen LogP contribution in [0.5, 0.6) is 0 Å². The first-order valence-corrected chi connectivity index (χ1v) is 12.2. The first-order chi connectivity index (χ1) is 17.6. The van der Waals surface area contributed by atoms with Crippen LogP contribution in [-0.2, 0) is 12.0 Å². The summed E-state index contributed by atoms with van der Waals surface area (Å²) in [6.07, 6.45) is 4.21. The summed E-state index contributed by atoms with van der Waals surface area (Å²) in [4.78, 5) is 16.5. The molecule has 0 spiro atoms. The number of aromatic nitrogens is 5. The Balaban J connectivity index is 1.55. The summed E-state index contributed by atoms with van der Waals surface area (Å²) in [5, 5.41) is 24.4. The van der Waals surface area contributed by atoms with Gasteiger partial charge in [0.2, 0.25) is 0 Å². The Kier molecular flexibility index (Phi) is 5.29. The van der Waals surface area contributed by atoms with Crippen LogP contribution in [0.15, 0.2) is 72.9 Å². The van der Waals surface area contributed by atoms with Crippen LogP contribution in [0.2, 0.25) is 0 Å². The van der Waals surface area contributed by atoms with Crippen LogP contribution in [0.1, 0.15) is 37.4 Å². The molecule has 1 aliphatic rings. The number of amides is 1. The molecule has 1 amide bonds. The Hall–Kier alpha value is -4.46. The zero-order chi connectivity index (χ0) is 24.7. The van der Waals surface area contributed by atoms with Crippen LogP contribution in [0.4, 0.5) is 4.79 Å². The van der Waals surface area contributed by atoms with Crippen LogP contribution in [0.3, 0.4) is 0 Å². The lowest BCUT2D eigenvalue weighted by atomic mass is 9.72. The topological polar surface area (TPSA) is 108 Å². The number of benzene rings is 2. The lowest BCUT2D eigenvalue weighted by molar-refractivity contribution is 0.144. The molecule has 8 nitrogen and oxygen atoms in total. The number of nitrogens with zero attached hydrogens (tertiary/aromatic N) is 4. The van der Waals surface area contributed by atoms with Crippen LogP contribution >= 0.6 is 0 Å². The normalized spacial score (nSPS) is 14.5. The predicted molar refractivity (Wildman–Crippen MR) is 138 cm³/mol. The molecule has 1 aliphatic carbocycles. The fourth-order valence-corrected chi connectivity index (χ4v) is 5.07. The van der Waals surface area contributed by atoms with Gasteiger partial charge in [-0.25, -0.2) is 14.3 Å². The highest BCUT2D eigenvalue weighted by Crippen LogP contribution is 2.42. The van der Waals surface area contributed by atoms with Crippen molar-refractivity contribution in [2.45, 2.75) is 38.1 Å². The van der Waals surface area contributed by atoms with Gasteiger partial charge in [0.15, 0.2) is 5.65 Å². The second kappa shape index (κ2) is 8.64. The molecular weight excluding hydrogens is 452 g/mol. The Labute approximate surface area is 208 Å². The van der Waals surface area contributed by atoms with Crippen molar-refractivity contribution in [2.75, 3.05) is 0 Å². The SMILES string of the molecule is CCc1cc(-c2cc[nH]n2)c2nc(-c3ccc(C4(NC(=O)O)CCC4)cc3)c(-c3ccccc3)n2n1. The molecule has 5 aromatic rings. The van der Waals surface area contributed by atoms with Gasteiger partial charge in [-0.05, 0) is 43.4 Å². The molecule has 180 valence electrons. The van der Waals surface area contributed by atoms with Gasteiger partial charge in [0.1, 0.15) is 5.69 Å². The molecule has 0 radical (unpaired) electrons. The van der Waals surface area contributed by atoms with Crippen molar-refractivity contribution in [3.8, 4) is 33.8 Å². The van der Waals surface area contributed by atoms with Crippen molar-refractivity contribution in [1.82, 2.24) is 30.1 Å². The molecule has 3 heterocycles. The third-order valence-electron chi connectivity index (χ3n) is 7.09. The van der Waals surface area contributed by atoms with Gasteiger partial charge >= 0.3 is 6.09 Å². The fraction of sp³-hybridized carbons (Fsp3) is 0.214. The molecule has 3 N–H and O–H groups in total. The second-order valence-corrected chi connectivity index (χ2v) is 9.22. The van der Waals surface area contributed by atoms with Crippen molar-refractivity contribution in [3.05, 3.63) is 84.2 Å². The summed E-state index contributed by atoms with van der Waals surface area (Å²) >= 11 is 0. The zero-order valence-electron chi connectivity index (χ0n) is 19.9. The van der Waals surface area contributed by atoms with E-state index in [4.69, 9.17) is 10.1 Å². The molecule has 2 aromatic carbocycles. The number of imidazole rings is 1. The molecule has 6 rings (SSSR count). The lowest BCUT2D eigenvalue weighted by Gasteiger charge is -2.42. The van der Waals surface area contributed by atoms with E-state index in [1.807, 2.05) is 53.0 Å². The number of carbonyl (C=O) groups is 1. The summed E-state index contributed by atoms with van der Waals surface area (Å²) < 4.78 is 1.93. The van der Waals surface area contributed by atoms with E-state index in [-0.39, 0.29) is 0 Å². The number of rotatable bonds is 6. The number of hydrogen-bond donors (Lipinski definition) is 3.